The molecule has 19 heavy (non-hydrogen) atoms. The van der Waals surface area contributed by atoms with Gasteiger partial charge in [0.2, 0.25) is 0 Å². The Kier molecular flexibility index (Phi) is 6.78. The van der Waals surface area contributed by atoms with Crippen molar-refractivity contribution >= 4 is 0 Å². The topological polar surface area (TPSA) is 18.5 Å². The van der Waals surface area contributed by atoms with Crippen LogP contribution in [0, 0.1) is 0 Å². The molecule has 1 fully saturated rings. The van der Waals surface area contributed by atoms with Gasteiger partial charge in [0.25, 0.3) is 0 Å². The minimum atomic E-state index is 0.323. The minimum absolute atomic E-state index is 0.323. The normalized spacial score (nSPS) is 21.0. The maximum Gasteiger partial charge on any atom is 0.0193 e. The van der Waals surface area contributed by atoms with Crippen molar-refractivity contribution in [3.8, 4) is 0 Å². The summed E-state index contributed by atoms with van der Waals surface area (Å²) in [6.07, 6.45) is 2.47. The summed E-state index contributed by atoms with van der Waals surface area (Å²) in [4.78, 5) is 5.24. The molecule has 0 aromatic carbocycles. The first kappa shape index (κ1) is 16.9. The van der Waals surface area contributed by atoms with Crippen LogP contribution in [0.4, 0.5) is 0 Å². The molecule has 0 amide bonds. The molecular weight excluding hydrogens is 234 g/mol. The van der Waals surface area contributed by atoms with Crippen molar-refractivity contribution in [2.75, 3.05) is 32.7 Å². The zero-order valence-corrected chi connectivity index (χ0v) is 14.0. The van der Waals surface area contributed by atoms with Crippen LogP contribution in [0.15, 0.2) is 0 Å². The molecule has 1 aliphatic heterocycles. The lowest BCUT2D eigenvalue weighted by molar-refractivity contribution is 0.0450. The largest absolute Gasteiger partial charge is 0.312 e. The van der Waals surface area contributed by atoms with Gasteiger partial charge >= 0.3 is 0 Å². The van der Waals surface area contributed by atoms with Crippen LogP contribution in [0.1, 0.15) is 54.4 Å². The van der Waals surface area contributed by atoms with Gasteiger partial charge in [-0.3, -0.25) is 9.80 Å². The summed E-state index contributed by atoms with van der Waals surface area (Å²) in [7, 11) is 0. The summed E-state index contributed by atoms with van der Waals surface area (Å²) in [5, 5.41) is 3.70. The Bertz CT molecular complexity index is 235. The van der Waals surface area contributed by atoms with E-state index in [0.717, 1.165) is 6.54 Å². The van der Waals surface area contributed by atoms with Gasteiger partial charge in [-0.2, -0.15) is 0 Å². The zero-order chi connectivity index (χ0) is 14.5. The fraction of sp³-hybridized carbons (Fsp3) is 1.00. The summed E-state index contributed by atoms with van der Waals surface area (Å²) in [6, 6.07) is 1.35. The molecule has 0 aromatic rings. The number of hydrogen-bond acceptors (Lipinski definition) is 3. The Morgan fingerprint density at radius 1 is 1.00 bits per heavy atom. The number of piperazine rings is 1. The molecule has 1 N–H and O–H groups in total. The standard InChI is InChI=1S/C16H35N3/c1-7-15(8-2)17-13-14(3)18-9-11-19(12-10-18)16(4,5)6/h14-15,17H,7-13H2,1-6H3. The lowest BCUT2D eigenvalue weighted by Gasteiger charge is -2.44. The summed E-state index contributed by atoms with van der Waals surface area (Å²) in [5.41, 5.74) is 0.323. The van der Waals surface area contributed by atoms with E-state index in [1.807, 2.05) is 0 Å². The molecule has 1 atom stereocenters. The molecule has 3 heteroatoms. The van der Waals surface area contributed by atoms with Crippen LogP contribution in [0.3, 0.4) is 0 Å². The monoisotopic (exact) mass is 269 g/mol. The second-order valence-electron chi connectivity index (χ2n) is 6.96. The van der Waals surface area contributed by atoms with Gasteiger partial charge in [-0.1, -0.05) is 13.8 Å². The van der Waals surface area contributed by atoms with Crippen LogP contribution < -0.4 is 5.32 Å². The Hall–Kier alpha value is -0.120. The average Bonchev–Trinajstić information content (AvgIpc) is 2.39. The molecule has 0 bridgehead atoms. The zero-order valence-electron chi connectivity index (χ0n) is 14.0. The third-order valence-electron chi connectivity index (χ3n) is 4.57. The second kappa shape index (κ2) is 7.61. The molecule has 0 aliphatic carbocycles. The van der Waals surface area contributed by atoms with Crippen molar-refractivity contribution in [1.82, 2.24) is 15.1 Å². The molecule has 0 radical (unpaired) electrons. The molecule has 1 unspecified atom stereocenters. The highest BCUT2D eigenvalue weighted by Gasteiger charge is 2.27. The van der Waals surface area contributed by atoms with Gasteiger partial charge in [0.15, 0.2) is 0 Å². The third kappa shape index (κ3) is 5.41. The number of hydrogen-bond donors (Lipinski definition) is 1. The molecular formula is C16H35N3. The highest BCUT2D eigenvalue weighted by Crippen LogP contribution is 2.16. The van der Waals surface area contributed by atoms with Crippen LogP contribution in [0.25, 0.3) is 0 Å². The second-order valence-corrected chi connectivity index (χ2v) is 6.96. The van der Waals surface area contributed by atoms with Gasteiger partial charge in [-0.25, -0.2) is 0 Å². The molecule has 0 spiro atoms. The Morgan fingerprint density at radius 3 is 1.95 bits per heavy atom. The van der Waals surface area contributed by atoms with E-state index >= 15 is 0 Å². The van der Waals surface area contributed by atoms with Crippen molar-refractivity contribution in [3.05, 3.63) is 0 Å². The van der Waals surface area contributed by atoms with Crippen molar-refractivity contribution in [1.29, 1.82) is 0 Å². The summed E-state index contributed by atoms with van der Waals surface area (Å²) in [5.74, 6) is 0. The maximum atomic E-state index is 3.70. The molecule has 3 nitrogen and oxygen atoms in total. The Labute approximate surface area is 120 Å². The molecule has 0 saturated carbocycles. The van der Waals surface area contributed by atoms with Crippen molar-refractivity contribution in [2.45, 2.75) is 72.0 Å². The summed E-state index contributed by atoms with van der Waals surface area (Å²) in [6.45, 7) is 19.8. The van der Waals surface area contributed by atoms with E-state index in [0.29, 0.717) is 17.6 Å². The van der Waals surface area contributed by atoms with Crippen LogP contribution in [0.5, 0.6) is 0 Å². The molecule has 114 valence electrons. The number of rotatable bonds is 6. The fourth-order valence-electron chi connectivity index (χ4n) is 2.88. The van der Waals surface area contributed by atoms with Crippen LogP contribution in [-0.2, 0) is 0 Å². The Balaban J connectivity index is 2.30. The molecule has 1 heterocycles. The van der Waals surface area contributed by atoms with E-state index in [2.05, 4.69) is 56.7 Å². The van der Waals surface area contributed by atoms with Crippen molar-refractivity contribution in [2.24, 2.45) is 0 Å². The van der Waals surface area contributed by atoms with Crippen molar-refractivity contribution < 1.29 is 0 Å². The third-order valence-corrected chi connectivity index (χ3v) is 4.57. The average molecular weight is 269 g/mol. The van der Waals surface area contributed by atoms with E-state index in [-0.39, 0.29) is 0 Å². The van der Waals surface area contributed by atoms with E-state index in [4.69, 9.17) is 0 Å². The predicted octanol–water partition coefficient (Wildman–Crippen LogP) is 2.57. The van der Waals surface area contributed by atoms with Gasteiger partial charge in [0, 0.05) is 50.3 Å². The highest BCUT2D eigenvalue weighted by atomic mass is 15.3. The molecule has 1 aliphatic rings. The van der Waals surface area contributed by atoms with Gasteiger partial charge in [-0.15, -0.1) is 0 Å². The summed E-state index contributed by atoms with van der Waals surface area (Å²) >= 11 is 0. The fourth-order valence-corrected chi connectivity index (χ4v) is 2.88. The van der Waals surface area contributed by atoms with E-state index in [9.17, 15) is 0 Å². The first-order valence-corrected chi connectivity index (χ1v) is 8.11. The maximum absolute atomic E-state index is 3.70. The lowest BCUT2D eigenvalue weighted by Crippen LogP contribution is -2.56. The first-order chi connectivity index (χ1) is 8.88. The quantitative estimate of drug-likeness (QED) is 0.799. The van der Waals surface area contributed by atoms with E-state index in [1.54, 1.807) is 0 Å². The van der Waals surface area contributed by atoms with Crippen LogP contribution in [0.2, 0.25) is 0 Å². The minimum Gasteiger partial charge on any atom is -0.312 e. The highest BCUT2D eigenvalue weighted by molar-refractivity contribution is 4.84. The predicted molar refractivity (Wildman–Crippen MR) is 84.7 cm³/mol. The Morgan fingerprint density at radius 2 is 1.53 bits per heavy atom. The van der Waals surface area contributed by atoms with E-state index in [1.165, 1.54) is 39.0 Å². The smallest absolute Gasteiger partial charge is 0.0193 e. The van der Waals surface area contributed by atoms with Gasteiger partial charge in [-0.05, 0) is 40.5 Å². The summed E-state index contributed by atoms with van der Waals surface area (Å²) < 4.78 is 0. The van der Waals surface area contributed by atoms with Gasteiger partial charge in [0.1, 0.15) is 0 Å². The van der Waals surface area contributed by atoms with Crippen LogP contribution in [-0.4, -0.2) is 60.1 Å². The molecule has 1 rings (SSSR count). The first-order valence-electron chi connectivity index (χ1n) is 8.11. The SMILES string of the molecule is CCC(CC)NCC(C)N1CCN(C(C)(C)C)CC1. The van der Waals surface area contributed by atoms with Gasteiger partial charge in [0.05, 0.1) is 0 Å². The lowest BCUT2D eigenvalue weighted by atomic mass is 10.0. The molecule has 0 aromatic heterocycles. The van der Waals surface area contributed by atoms with E-state index < -0.39 is 0 Å². The number of nitrogens with zero attached hydrogens (tertiary/aromatic N) is 2. The van der Waals surface area contributed by atoms with Crippen LogP contribution >= 0.6 is 0 Å². The molecule has 1 saturated heterocycles. The van der Waals surface area contributed by atoms with Crippen molar-refractivity contribution in [3.63, 3.8) is 0 Å². The number of nitrogens with one attached hydrogen (secondary N) is 1. The van der Waals surface area contributed by atoms with Gasteiger partial charge < -0.3 is 5.32 Å².